The van der Waals surface area contributed by atoms with Crippen LogP contribution in [-0.2, 0) is 0 Å². The van der Waals surface area contributed by atoms with E-state index in [0.717, 1.165) is 19.1 Å². The molecule has 0 aliphatic heterocycles. The molecule has 2 rings (SSSR count). The second-order valence-electron chi connectivity index (χ2n) is 5.83. The number of likely N-dealkylation sites (N-methyl/N-ethyl adjacent to an activating group) is 1. The second-order valence-corrected chi connectivity index (χ2v) is 7.00. The Balaban J connectivity index is 1.47. The van der Waals surface area contributed by atoms with Crippen molar-refractivity contribution in [3.8, 4) is 0 Å². The van der Waals surface area contributed by atoms with Gasteiger partial charge in [0.15, 0.2) is 0 Å². The van der Waals surface area contributed by atoms with Crippen LogP contribution >= 0.6 is 11.8 Å². The van der Waals surface area contributed by atoms with Gasteiger partial charge >= 0.3 is 0 Å². The highest BCUT2D eigenvalue weighted by Crippen LogP contribution is 2.22. The molecule has 0 radical (unpaired) electrons. The van der Waals surface area contributed by atoms with Gasteiger partial charge in [-0.25, -0.2) is 0 Å². The first-order valence-electron chi connectivity index (χ1n) is 8.52. The van der Waals surface area contributed by atoms with Gasteiger partial charge in [-0.15, -0.1) is 11.8 Å². The molecule has 0 aromatic heterocycles. The van der Waals surface area contributed by atoms with Gasteiger partial charge in [0.2, 0.25) is 0 Å². The lowest BCUT2D eigenvalue weighted by Gasteiger charge is -2.27. The zero-order chi connectivity index (χ0) is 14.8. The van der Waals surface area contributed by atoms with E-state index in [1.54, 1.807) is 0 Å². The summed E-state index contributed by atoms with van der Waals surface area (Å²) in [4.78, 5) is 4.05. The van der Waals surface area contributed by atoms with E-state index in [-0.39, 0.29) is 0 Å². The molecule has 118 valence electrons. The van der Waals surface area contributed by atoms with Crippen molar-refractivity contribution in [3.63, 3.8) is 0 Å². The SMILES string of the molecule is CCN(CCNCCCSc1ccccc1)C1CCCC1. The maximum atomic E-state index is 3.60. The van der Waals surface area contributed by atoms with Crippen molar-refractivity contribution in [1.29, 1.82) is 0 Å². The Morgan fingerprint density at radius 1 is 1.14 bits per heavy atom. The molecule has 0 saturated heterocycles. The van der Waals surface area contributed by atoms with E-state index in [0.29, 0.717) is 0 Å². The van der Waals surface area contributed by atoms with Crippen molar-refractivity contribution >= 4 is 11.8 Å². The molecule has 1 aromatic rings. The van der Waals surface area contributed by atoms with Crippen molar-refractivity contribution in [2.75, 3.05) is 31.9 Å². The van der Waals surface area contributed by atoms with Crippen molar-refractivity contribution in [3.05, 3.63) is 30.3 Å². The Hall–Kier alpha value is -0.510. The van der Waals surface area contributed by atoms with Crippen LogP contribution in [0.25, 0.3) is 0 Å². The molecule has 0 bridgehead atoms. The average molecular weight is 307 g/mol. The normalized spacial score (nSPS) is 15.9. The summed E-state index contributed by atoms with van der Waals surface area (Å²) in [5.41, 5.74) is 0. The topological polar surface area (TPSA) is 15.3 Å². The first-order chi connectivity index (χ1) is 10.4. The molecule has 1 aliphatic carbocycles. The van der Waals surface area contributed by atoms with Gasteiger partial charge in [-0.1, -0.05) is 38.0 Å². The van der Waals surface area contributed by atoms with E-state index >= 15 is 0 Å². The molecule has 1 N–H and O–H groups in total. The van der Waals surface area contributed by atoms with Gasteiger partial charge in [0.1, 0.15) is 0 Å². The summed E-state index contributed by atoms with van der Waals surface area (Å²) in [6, 6.07) is 11.6. The van der Waals surface area contributed by atoms with Gasteiger partial charge in [0.25, 0.3) is 0 Å². The summed E-state index contributed by atoms with van der Waals surface area (Å²) in [7, 11) is 0. The summed E-state index contributed by atoms with van der Waals surface area (Å²) in [5, 5.41) is 3.60. The Kier molecular flexibility index (Phi) is 8.23. The van der Waals surface area contributed by atoms with Crippen molar-refractivity contribution < 1.29 is 0 Å². The lowest BCUT2D eigenvalue weighted by Crippen LogP contribution is -2.38. The molecule has 1 saturated carbocycles. The van der Waals surface area contributed by atoms with Crippen LogP contribution in [0.15, 0.2) is 35.2 Å². The van der Waals surface area contributed by atoms with Gasteiger partial charge in [-0.3, -0.25) is 4.90 Å². The first-order valence-corrected chi connectivity index (χ1v) is 9.51. The van der Waals surface area contributed by atoms with Crippen LogP contribution in [0, 0.1) is 0 Å². The molecule has 1 aliphatic rings. The van der Waals surface area contributed by atoms with Gasteiger partial charge in [-0.2, -0.15) is 0 Å². The maximum absolute atomic E-state index is 3.60. The van der Waals surface area contributed by atoms with Gasteiger partial charge in [0, 0.05) is 24.0 Å². The van der Waals surface area contributed by atoms with Gasteiger partial charge in [0.05, 0.1) is 0 Å². The monoisotopic (exact) mass is 306 g/mol. The Morgan fingerprint density at radius 3 is 2.62 bits per heavy atom. The molecule has 0 unspecified atom stereocenters. The zero-order valence-electron chi connectivity index (χ0n) is 13.4. The highest BCUT2D eigenvalue weighted by molar-refractivity contribution is 7.99. The molecule has 0 heterocycles. The van der Waals surface area contributed by atoms with Crippen molar-refractivity contribution in [2.24, 2.45) is 0 Å². The molecule has 21 heavy (non-hydrogen) atoms. The molecule has 0 amide bonds. The lowest BCUT2D eigenvalue weighted by atomic mass is 10.2. The molecular formula is C18H30N2S. The molecular weight excluding hydrogens is 276 g/mol. The fourth-order valence-corrected chi connectivity index (χ4v) is 3.99. The largest absolute Gasteiger partial charge is 0.315 e. The van der Waals surface area contributed by atoms with E-state index in [4.69, 9.17) is 0 Å². The van der Waals surface area contributed by atoms with E-state index in [9.17, 15) is 0 Å². The van der Waals surface area contributed by atoms with E-state index in [2.05, 4.69) is 47.5 Å². The second kappa shape index (κ2) is 10.3. The maximum Gasteiger partial charge on any atom is 0.0110 e. The number of hydrogen-bond acceptors (Lipinski definition) is 3. The first kappa shape index (κ1) is 16.9. The highest BCUT2D eigenvalue weighted by Gasteiger charge is 2.20. The molecule has 2 nitrogen and oxygen atoms in total. The summed E-state index contributed by atoms with van der Waals surface area (Å²) < 4.78 is 0. The minimum absolute atomic E-state index is 0.866. The number of benzene rings is 1. The van der Waals surface area contributed by atoms with E-state index < -0.39 is 0 Å². The van der Waals surface area contributed by atoms with E-state index in [1.165, 1.54) is 55.8 Å². The Morgan fingerprint density at radius 2 is 1.90 bits per heavy atom. The van der Waals surface area contributed by atoms with Crippen LogP contribution in [0.1, 0.15) is 39.0 Å². The average Bonchev–Trinajstić information content (AvgIpc) is 3.05. The van der Waals surface area contributed by atoms with Crippen LogP contribution in [0.4, 0.5) is 0 Å². The fraction of sp³-hybridized carbons (Fsp3) is 0.667. The Bertz CT molecular complexity index is 363. The van der Waals surface area contributed by atoms with Crippen LogP contribution < -0.4 is 5.32 Å². The third-order valence-corrected chi connectivity index (χ3v) is 5.43. The highest BCUT2D eigenvalue weighted by atomic mass is 32.2. The molecule has 3 heteroatoms. The van der Waals surface area contributed by atoms with Crippen molar-refractivity contribution in [1.82, 2.24) is 10.2 Å². The number of rotatable bonds is 10. The Labute approximate surface area is 134 Å². The van der Waals surface area contributed by atoms with Crippen LogP contribution in [0.5, 0.6) is 0 Å². The van der Waals surface area contributed by atoms with Gasteiger partial charge in [-0.05, 0) is 50.2 Å². The summed E-state index contributed by atoms with van der Waals surface area (Å²) >= 11 is 1.96. The summed E-state index contributed by atoms with van der Waals surface area (Å²) in [6.45, 7) is 7.00. The molecule has 0 spiro atoms. The van der Waals surface area contributed by atoms with Gasteiger partial charge < -0.3 is 5.32 Å². The third-order valence-electron chi connectivity index (χ3n) is 4.33. The van der Waals surface area contributed by atoms with Crippen LogP contribution in [-0.4, -0.2) is 42.9 Å². The third kappa shape index (κ3) is 6.41. The number of hydrogen-bond donors (Lipinski definition) is 1. The predicted molar refractivity (Wildman–Crippen MR) is 94.2 cm³/mol. The minimum Gasteiger partial charge on any atom is -0.315 e. The zero-order valence-corrected chi connectivity index (χ0v) is 14.2. The smallest absolute Gasteiger partial charge is 0.0110 e. The number of nitrogens with zero attached hydrogens (tertiary/aromatic N) is 1. The molecule has 1 aromatic carbocycles. The molecule has 1 fully saturated rings. The lowest BCUT2D eigenvalue weighted by molar-refractivity contribution is 0.209. The van der Waals surface area contributed by atoms with E-state index in [1.807, 2.05) is 11.8 Å². The number of thioether (sulfide) groups is 1. The van der Waals surface area contributed by atoms with Crippen molar-refractivity contribution in [2.45, 2.75) is 50.0 Å². The van der Waals surface area contributed by atoms with Crippen LogP contribution in [0.2, 0.25) is 0 Å². The standard InChI is InChI=1S/C18H30N2S/c1-2-20(17-9-6-7-10-17)15-14-19-13-8-16-21-18-11-4-3-5-12-18/h3-5,11-12,17,19H,2,6-10,13-16H2,1H3. The quantitative estimate of drug-likeness (QED) is 0.519. The summed E-state index contributed by atoms with van der Waals surface area (Å²) in [6.07, 6.45) is 6.95. The fourth-order valence-electron chi connectivity index (χ4n) is 3.12. The number of nitrogens with one attached hydrogen (secondary N) is 1. The van der Waals surface area contributed by atoms with Crippen LogP contribution in [0.3, 0.4) is 0 Å². The minimum atomic E-state index is 0.866. The molecule has 0 atom stereocenters. The summed E-state index contributed by atoms with van der Waals surface area (Å²) in [5.74, 6) is 1.21. The predicted octanol–water partition coefficient (Wildman–Crippen LogP) is 4.02.